The highest BCUT2D eigenvalue weighted by molar-refractivity contribution is 6.04. The third-order valence-corrected chi connectivity index (χ3v) is 4.11. The zero-order chi connectivity index (χ0) is 20.0. The van der Waals surface area contributed by atoms with Gasteiger partial charge < -0.3 is 25.4 Å². The summed E-state index contributed by atoms with van der Waals surface area (Å²) in [7, 11) is 1.72. The summed E-state index contributed by atoms with van der Waals surface area (Å²) in [5.74, 6) is -2.45. The highest BCUT2D eigenvalue weighted by atomic mass is 19.3. The van der Waals surface area contributed by atoms with Crippen LogP contribution in [0.2, 0.25) is 0 Å². The predicted octanol–water partition coefficient (Wildman–Crippen LogP) is 2.06. The van der Waals surface area contributed by atoms with Crippen molar-refractivity contribution in [2.45, 2.75) is 6.61 Å². The van der Waals surface area contributed by atoms with Crippen molar-refractivity contribution in [2.24, 2.45) is 0 Å². The zero-order valence-electron chi connectivity index (χ0n) is 15.0. The lowest BCUT2D eigenvalue weighted by Crippen LogP contribution is -2.40. The Bertz CT molecular complexity index is 682. The number of nitrogens with one attached hydrogen (secondary N) is 1. The monoisotopic (exact) mass is 388 g/mol. The maximum absolute atomic E-state index is 13.1. The minimum absolute atomic E-state index is 0.111. The lowest BCUT2D eigenvalue weighted by Gasteiger charge is -2.30. The van der Waals surface area contributed by atoms with Gasteiger partial charge in [-0.25, -0.2) is 4.39 Å². The SMILES string of the molecule is C=C(F)C(=O)Nc1cc(N)c(OC(F)F)cc1N(C)CCN1CCOCC1. The van der Waals surface area contributed by atoms with E-state index in [-0.39, 0.29) is 17.1 Å². The van der Waals surface area contributed by atoms with Gasteiger partial charge >= 0.3 is 6.61 Å². The fourth-order valence-electron chi connectivity index (χ4n) is 2.63. The fraction of sp³-hybridized carbons (Fsp3) is 0.471. The van der Waals surface area contributed by atoms with Crippen molar-refractivity contribution in [1.82, 2.24) is 4.90 Å². The summed E-state index contributed by atoms with van der Waals surface area (Å²) in [4.78, 5) is 15.6. The second-order valence-electron chi connectivity index (χ2n) is 6.02. The largest absolute Gasteiger partial charge is 0.433 e. The molecule has 0 aromatic heterocycles. The Morgan fingerprint density at radius 3 is 2.70 bits per heavy atom. The van der Waals surface area contributed by atoms with E-state index in [9.17, 15) is 18.0 Å². The Balaban J connectivity index is 2.22. The number of carbonyl (C=O) groups excluding carboxylic acids is 1. The lowest BCUT2D eigenvalue weighted by molar-refractivity contribution is -0.114. The molecule has 1 aliphatic heterocycles. The number of anilines is 3. The molecule has 1 aromatic carbocycles. The second kappa shape index (κ2) is 9.47. The number of hydrogen-bond donors (Lipinski definition) is 2. The molecular formula is C17H23F3N4O3. The number of nitrogen functional groups attached to an aromatic ring is 1. The molecule has 1 heterocycles. The van der Waals surface area contributed by atoms with Gasteiger partial charge in [0.2, 0.25) is 0 Å². The number of ether oxygens (including phenoxy) is 2. The standard InChI is InChI=1S/C17H23F3N4O3/c1-11(18)16(25)22-13-9-12(21)15(27-17(19)20)10-14(13)23(2)3-4-24-5-7-26-8-6-24/h9-10,17H,1,3-8,21H2,2H3,(H,22,25). The van der Waals surface area contributed by atoms with Crippen molar-refractivity contribution in [1.29, 1.82) is 0 Å². The number of alkyl halides is 2. The van der Waals surface area contributed by atoms with E-state index in [1.54, 1.807) is 11.9 Å². The van der Waals surface area contributed by atoms with Crippen LogP contribution in [-0.4, -0.2) is 63.9 Å². The Morgan fingerprint density at radius 2 is 2.11 bits per heavy atom. The van der Waals surface area contributed by atoms with E-state index in [0.717, 1.165) is 13.1 Å². The summed E-state index contributed by atoms with van der Waals surface area (Å²) >= 11 is 0. The predicted molar refractivity (Wildman–Crippen MR) is 96.9 cm³/mol. The molecule has 1 aliphatic rings. The molecule has 0 radical (unpaired) electrons. The molecule has 1 saturated heterocycles. The van der Waals surface area contributed by atoms with Crippen LogP contribution < -0.4 is 20.7 Å². The second-order valence-corrected chi connectivity index (χ2v) is 6.02. The van der Waals surface area contributed by atoms with Crippen LogP contribution in [0.4, 0.5) is 30.2 Å². The molecule has 0 saturated carbocycles. The van der Waals surface area contributed by atoms with Crippen molar-refractivity contribution < 1.29 is 27.4 Å². The van der Waals surface area contributed by atoms with Gasteiger partial charge in [-0.1, -0.05) is 6.58 Å². The number of nitrogens with zero attached hydrogens (tertiary/aromatic N) is 2. The van der Waals surface area contributed by atoms with Gasteiger partial charge in [-0.2, -0.15) is 8.78 Å². The summed E-state index contributed by atoms with van der Waals surface area (Å²) < 4.78 is 48.0. The molecule has 0 spiro atoms. The number of hydrogen-bond acceptors (Lipinski definition) is 6. The summed E-state index contributed by atoms with van der Waals surface area (Å²) in [5, 5.41) is 2.34. The van der Waals surface area contributed by atoms with Gasteiger partial charge in [-0.15, -0.1) is 0 Å². The van der Waals surface area contributed by atoms with Crippen LogP contribution in [0.15, 0.2) is 24.5 Å². The first-order valence-electron chi connectivity index (χ1n) is 8.33. The average molecular weight is 388 g/mol. The number of halogens is 3. The summed E-state index contributed by atoms with van der Waals surface area (Å²) in [5.41, 5.74) is 6.14. The lowest BCUT2D eigenvalue weighted by atomic mass is 10.2. The van der Waals surface area contributed by atoms with E-state index in [2.05, 4.69) is 21.5 Å². The molecule has 27 heavy (non-hydrogen) atoms. The van der Waals surface area contributed by atoms with Crippen molar-refractivity contribution >= 4 is 23.0 Å². The number of rotatable bonds is 8. The van der Waals surface area contributed by atoms with Crippen molar-refractivity contribution in [3.8, 4) is 5.75 Å². The molecule has 10 heteroatoms. The third-order valence-electron chi connectivity index (χ3n) is 4.11. The van der Waals surface area contributed by atoms with Gasteiger partial charge in [-0.05, 0) is 6.07 Å². The van der Waals surface area contributed by atoms with Crippen LogP contribution in [0.1, 0.15) is 0 Å². The molecule has 1 fully saturated rings. The molecule has 1 amide bonds. The molecule has 7 nitrogen and oxygen atoms in total. The van der Waals surface area contributed by atoms with Crippen molar-refractivity contribution in [3.05, 3.63) is 24.5 Å². The maximum Gasteiger partial charge on any atom is 0.387 e. The topological polar surface area (TPSA) is 80.1 Å². The highest BCUT2D eigenvalue weighted by Gasteiger charge is 2.19. The number of morpholine rings is 1. The zero-order valence-corrected chi connectivity index (χ0v) is 15.0. The van der Waals surface area contributed by atoms with Crippen LogP contribution in [-0.2, 0) is 9.53 Å². The van der Waals surface area contributed by atoms with Crippen LogP contribution >= 0.6 is 0 Å². The first-order valence-corrected chi connectivity index (χ1v) is 8.33. The van der Waals surface area contributed by atoms with E-state index >= 15 is 0 Å². The Morgan fingerprint density at radius 1 is 1.44 bits per heavy atom. The molecule has 0 aliphatic carbocycles. The molecule has 0 unspecified atom stereocenters. The van der Waals surface area contributed by atoms with Crippen LogP contribution in [0.25, 0.3) is 0 Å². The summed E-state index contributed by atoms with van der Waals surface area (Å²) in [6, 6.07) is 2.54. The summed E-state index contributed by atoms with van der Waals surface area (Å²) in [6.07, 6.45) is 0. The molecule has 150 valence electrons. The number of likely N-dealkylation sites (N-methyl/N-ethyl adjacent to an activating group) is 1. The van der Waals surface area contributed by atoms with Crippen molar-refractivity contribution in [2.75, 3.05) is 62.4 Å². The number of nitrogens with two attached hydrogens (primary N) is 1. The normalized spacial score (nSPS) is 14.9. The number of carbonyl (C=O) groups is 1. The Kier molecular flexibility index (Phi) is 7.31. The molecule has 0 atom stereocenters. The molecular weight excluding hydrogens is 365 g/mol. The Hall–Kier alpha value is -2.46. The molecule has 0 bridgehead atoms. The van der Waals surface area contributed by atoms with E-state index in [1.165, 1.54) is 12.1 Å². The summed E-state index contributed by atoms with van der Waals surface area (Å²) in [6.45, 7) is 3.99. The maximum atomic E-state index is 13.1. The van der Waals surface area contributed by atoms with E-state index in [0.29, 0.717) is 32.0 Å². The van der Waals surface area contributed by atoms with E-state index in [4.69, 9.17) is 10.5 Å². The average Bonchev–Trinajstić information content (AvgIpc) is 2.62. The number of amides is 1. The smallest absolute Gasteiger partial charge is 0.387 e. The van der Waals surface area contributed by atoms with Gasteiger partial charge in [-0.3, -0.25) is 9.69 Å². The highest BCUT2D eigenvalue weighted by Crippen LogP contribution is 2.36. The van der Waals surface area contributed by atoms with Gasteiger partial charge in [0, 0.05) is 39.3 Å². The first-order chi connectivity index (χ1) is 12.8. The van der Waals surface area contributed by atoms with Crippen molar-refractivity contribution in [3.63, 3.8) is 0 Å². The fourth-order valence-corrected chi connectivity index (χ4v) is 2.63. The minimum Gasteiger partial charge on any atom is -0.433 e. The minimum atomic E-state index is -3.05. The van der Waals surface area contributed by atoms with Crippen LogP contribution in [0.5, 0.6) is 5.75 Å². The van der Waals surface area contributed by atoms with Gasteiger partial charge in [0.25, 0.3) is 5.91 Å². The van der Waals surface area contributed by atoms with Gasteiger partial charge in [0.1, 0.15) is 0 Å². The Labute approximate surface area is 155 Å². The quantitative estimate of drug-likeness (QED) is 0.524. The molecule has 1 aromatic rings. The third kappa shape index (κ3) is 6.04. The van der Waals surface area contributed by atoms with Crippen LogP contribution in [0, 0.1) is 0 Å². The van der Waals surface area contributed by atoms with Crippen LogP contribution in [0.3, 0.4) is 0 Å². The van der Waals surface area contributed by atoms with Gasteiger partial charge in [0.05, 0.1) is 30.3 Å². The van der Waals surface area contributed by atoms with E-state index in [1.807, 2.05) is 0 Å². The first kappa shape index (κ1) is 20.8. The van der Waals surface area contributed by atoms with Gasteiger partial charge in [0.15, 0.2) is 11.6 Å². The molecule has 2 rings (SSSR count). The van der Waals surface area contributed by atoms with E-state index < -0.39 is 18.3 Å². The molecule has 3 N–H and O–H groups in total. The number of benzene rings is 1.